The molecule has 0 radical (unpaired) electrons. The van der Waals surface area contributed by atoms with Crippen molar-refractivity contribution in [3.63, 3.8) is 0 Å². The van der Waals surface area contributed by atoms with Crippen molar-refractivity contribution >= 4 is 11.9 Å². The summed E-state index contributed by atoms with van der Waals surface area (Å²) in [6.45, 7) is 0. The maximum Gasteiger partial charge on any atom is 0.335 e. The summed E-state index contributed by atoms with van der Waals surface area (Å²) in [5.41, 5.74) is 0. The van der Waals surface area contributed by atoms with Crippen LogP contribution in [-0.2, 0) is 9.59 Å². The summed E-state index contributed by atoms with van der Waals surface area (Å²) in [4.78, 5) is 20.8. The summed E-state index contributed by atoms with van der Waals surface area (Å²) < 4.78 is 0. The molecule has 0 aliphatic heterocycles. The minimum Gasteiger partial charge on any atom is -0.479 e. The van der Waals surface area contributed by atoms with Gasteiger partial charge in [-0.2, -0.15) is 0 Å². The van der Waals surface area contributed by atoms with Gasteiger partial charge in [0.25, 0.3) is 0 Å². The average molecular weight is 330 g/mol. The van der Waals surface area contributed by atoms with Gasteiger partial charge >= 0.3 is 11.9 Å². The zero-order valence-corrected chi connectivity index (χ0v) is 10.9. The highest BCUT2D eigenvalue weighted by Gasteiger charge is 2.43. The molecule has 0 rings (SSSR count). The molecule has 0 amide bonds. The van der Waals surface area contributed by atoms with Crippen LogP contribution < -0.4 is 0 Å². The van der Waals surface area contributed by atoms with Crippen molar-refractivity contribution in [2.75, 3.05) is 0 Å². The van der Waals surface area contributed by atoms with E-state index in [1.165, 1.54) is 0 Å². The lowest BCUT2D eigenvalue weighted by molar-refractivity contribution is -0.189. The van der Waals surface area contributed by atoms with E-state index in [0.717, 1.165) is 0 Å². The van der Waals surface area contributed by atoms with Gasteiger partial charge in [-0.3, -0.25) is 0 Å². The highest BCUT2D eigenvalue weighted by molar-refractivity contribution is 5.73. The SMILES string of the molecule is O=C(O)[C@@H](O)[C@H](O)[C@@H](O)[C@H](O)[C@@H](O)[C@@H](O)[C@H](O)[C@@H](O)C(=O)O. The predicted molar refractivity (Wildman–Crippen MR) is 63.3 cm³/mol. The van der Waals surface area contributed by atoms with E-state index in [-0.39, 0.29) is 0 Å². The fraction of sp³-hybridized carbons (Fsp3) is 0.800. The second-order valence-corrected chi connectivity index (χ2v) is 4.51. The number of aliphatic carboxylic acids is 2. The van der Waals surface area contributed by atoms with Crippen molar-refractivity contribution in [1.82, 2.24) is 0 Å². The summed E-state index contributed by atoms with van der Waals surface area (Å²) in [6, 6.07) is 0. The Balaban J connectivity index is 4.93. The molecule has 0 saturated carbocycles. The van der Waals surface area contributed by atoms with Crippen LogP contribution in [0.3, 0.4) is 0 Å². The van der Waals surface area contributed by atoms with Gasteiger partial charge in [-0.15, -0.1) is 0 Å². The van der Waals surface area contributed by atoms with Crippen LogP contribution in [0, 0.1) is 0 Å². The number of hydrogen-bond acceptors (Lipinski definition) is 10. The van der Waals surface area contributed by atoms with E-state index in [9.17, 15) is 40.2 Å². The van der Waals surface area contributed by atoms with E-state index < -0.39 is 60.8 Å². The van der Waals surface area contributed by atoms with Gasteiger partial charge in [-0.1, -0.05) is 0 Å². The van der Waals surface area contributed by atoms with E-state index in [1.54, 1.807) is 0 Å². The Hall–Kier alpha value is -1.38. The Morgan fingerprint density at radius 3 is 0.818 bits per heavy atom. The molecular formula is C10H18O12. The van der Waals surface area contributed by atoms with Crippen LogP contribution >= 0.6 is 0 Å². The monoisotopic (exact) mass is 330 g/mol. The molecule has 0 heterocycles. The molecular weight excluding hydrogens is 312 g/mol. The van der Waals surface area contributed by atoms with Crippen LogP contribution in [-0.4, -0.2) is 112 Å². The minimum absolute atomic E-state index is 1.95. The standard InChI is InChI=1S/C10H18O12/c11-1(3(13)5(15)7(17)9(19)20)2(12)4(14)6(16)8(18)10(21)22/h1-8,11-18H,(H,19,20)(H,21,22)/t1-,2-,3-,4+,5+,6-,7-,8+/m1/s1. The first kappa shape index (κ1) is 20.6. The molecule has 0 spiro atoms. The molecule has 0 unspecified atom stereocenters. The lowest BCUT2D eigenvalue weighted by atomic mass is 9.93. The van der Waals surface area contributed by atoms with Gasteiger partial charge in [0, 0.05) is 0 Å². The third kappa shape index (κ3) is 4.82. The first-order valence-electron chi connectivity index (χ1n) is 5.83. The van der Waals surface area contributed by atoms with Gasteiger partial charge in [0.2, 0.25) is 0 Å². The van der Waals surface area contributed by atoms with E-state index in [0.29, 0.717) is 0 Å². The number of carboxylic acid groups (broad SMARTS) is 2. The Bertz CT molecular complexity index is 350. The second-order valence-electron chi connectivity index (χ2n) is 4.51. The van der Waals surface area contributed by atoms with Gasteiger partial charge in [0.1, 0.15) is 36.6 Å². The normalized spacial score (nSPS) is 22.7. The van der Waals surface area contributed by atoms with Gasteiger partial charge in [0.05, 0.1) is 0 Å². The molecule has 22 heavy (non-hydrogen) atoms. The lowest BCUT2D eigenvalue weighted by Gasteiger charge is -2.32. The van der Waals surface area contributed by atoms with Crippen molar-refractivity contribution in [3.8, 4) is 0 Å². The summed E-state index contributed by atoms with van der Waals surface area (Å²) >= 11 is 0. The first-order chi connectivity index (χ1) is 9.93. The number of aliphatic hydroxyl groups excluding tert-OH is 8. The number of carboxylic acids is 2. The van der Waals surface area contributed by atoms with E-state index in [1.807, 2.05) is 0 Å². The fourth-order valence-electron chi connectivity index (χ4n) is 1.47. The van der Waals surface area contributed by atoms with Crippen LogP contribution in [0.4, 0.5) is 0 Å². The molecule has 0 aromatic heterocycles. The van der Waals surface area contributed by atoms with E-state index >= 15 is 0 Å². The van der Waals surface area contributed by atoms with Crippen LogP contribution in [0.2, 0.25) is 0 Å². The molecule has 12 nitrogen and oxygen atoms in total. The highest BCUT2D eigenvalue weighted by Crippen LogP contribution is 2.14. The number of aliphatic hydroxyl groups is 8. The topological polar surface area (TPSA) is 236 Å². The van der Waals surface area contributed by atoms with Crippen molar-refractivity contribution in [3.05, 3.63) is 0 Å². The molecule has 0 aliphatic rings. The third-order valence-corrected chi connectivity index (χ3v) is 2.90. The molecule has 0 saturated heterocycles. The Morgan fingerprint density at radius 1 is 0.455 bits per heavy atom. The predicted octanol–water partition coefficient (Wildman–Crippen LogP) is -5.96. The smallest absolute Gasteiger partial charge is 0.335 e. The quantitative estimate of drug-likeness (QED) is 0.190. The van der Waals surface area contributed by atoms with Crippen molar-refractivity contribution in [2.45, 2.75) is 48.8 Å². The van der Waals surface area contributed by atoms with Crippen molar-refractivity contribution in [1.29, 1.82) is 0 Å². The molecule has 12 heteroatoms. The maximum absolute atomic E-state index is 10.4. The molecule has 8 atom stereocenters. The Kier molecular flexibility index (Phi) is 7.78. The second kappa shape index (κ2) is 8.30. The Labute approximate surface area is 122 Å². The summed E-state index contributed by atoms with van der Waals surface area (Å²) in [5, 5.41) is 91.0. The molecule has 0 bridgehead atoms. The van der Waals surface area contributed by atoms with Crippen LogP contribution in [0.1, 0.15) is 0 Å². The summed E-state index contributed by atoms with van der Waals surface area (Å²) in [5.74, 6) is -3.90. The number of hydrogen-bond donors (Lipinski definition) is 10. The molecule has 130 valence electrons. The van der Waals surface area contributed by atoms with Crippen molar-refractivity contribution in [2.24, 2.45) is 0 Å². The summed E-state index contributed by atoms with van der Waals surface area (Å²) in [6.07, 6.45) is -19.9. The van der Waals surface area contributed by atoms with E-state index in [4.69, 9.17) is 20.4 Å². The minimum atomic E-state index is -2.52. The molecule has 10 N–H and O–H groups in total. The third-order valence-electron chi connectivity index (χ3n) is 2.90. The van der Waals surface area contributed by atoms with Gasteiger partial charge in [-0.05, 0) is 0 Å². The van der Waals surface area contributed by atoms with Crippen LogP contribution in [0.25, 0.3) is 0 Å². The average Bonchev–Trinajstić information content (AvgIpc) is 2.48. The van der Waals surface area contributed by atoms with Crippen molar-refractivity contribution < 1.29 is 60.7 Å². The highest BCUT2D eigenvalue weighted by atomic mass is 16.4. The molecule has 0 aromatic carbocycles. The van der Waals surface area contributed by atoms with Crippen LogP contribution in [0.5, 0.6) is 0 Å². The van der Waals surface area contributed by atoms with Crippen LogP contribution in [0.15, 0.2) is 0 Å². The largest absolute Gasteiger partial charge is 0.479 e. The van der Waals surface area contributed by atoms with Gasteiger partial charge in [0.15, 0.2) is 12.2 Å². The molecule has 0 fully saturated rings. The fourth-order valence-corrected chi connectivity index (χ4v) is 1.47. The zero-order chi connectivity index (χ0) is 17.8. The molecule has 0 aromatic rings. The van der Waals surface area contributed by atoms with Gasteiger partial charge in [-0.25, -0.2) is 9.59 Å². The zero-order valence-electron chi connectivity index (χ0n) is 10.9. The lowest BCUT2D eigenvalue weighted by Crippen LogP contribution is -2.57. The van der Waals surface area contributed by atoms with Gasteiger partial charge < -0.3 is 51.1 Å². The maximum atomic E-state index is 10.4. The number of carbonyl (C=O) groups is 2. The van der Waals surface area contributed by atoms with E-state index in [2.05, 4.69) is 0 Å². The first-order valence-corrected chi connectivity index (χ1v) is 5.83. The summed E-state index contributed by atoms with van der Waals surface area (Å²) in [7, 11) is 0. The molecule has 0 aliphatic carbocycles. The Morgan fingerprint density at radius 2 is 0.636 bits per heavy atom. The number of rotatable bonds is 9.